The van der Waals surface area contributed by atoms with Crippen molar-refractivity contribution in [2.75, 3.05) is 13.2 Å². The Hall–Kier alpha value is -1.35. The Morgan fingerprint density at radius 1 is 1.38 bits per heavy atom. The fraction of sp³-hybridized carbons (Fsp3) is 0.611. The summed E-state index contributed by atoms with van der Waals surface area (Å²) >= 11 is 0. The first-order chi connectivity index (χ1) is 10.3. The maximum atomic E-state index is 12.0. The van der Waals surface area contributed by atoms with Crippen LogP contribution in [0, 0.1) is 5.92 Å². The molecule has 3 nitrogen and oxygen atoms in total. The summed E-state index contributed by atoms with van der Waals surface area (Å²) in [4.78, 5) is 12.0. The van der Waals surface area contributed by atoms with Gasteiger partial charge >= 0.3 is 0 Å². The lowest BCUT2D eigenvalue weighted by molar-refractivity contribution is -0.123. The minimum absolute atomic E-state index is 0.158. The van der Waals surface area contributed by atoms with Gasteiger partial charge in [-0.2, -0.15) is 0 Å². The molecule has 1 saturated carbocycles. The van der Waals surface area contributed by atoms with E-state index in [4.69, 9.17) is 4.74 Å². The summed E-state index contributed by atoms with van der Waals surface area (Å²) < 4.78 is 5.52. The quantitative estimate of drug-likeness (QED) is 0.923. The first-order valence-electron chi connectivity index (χ1n) is 8.25. The lowest BCUT2D eigenvalue weighted by Gasteiger charge is -2.13. The molecule has 1 N–H and O–H groups in total. The molecule has 2 aliphatic carbocycles. The summed E-state index contributed by atoms with van der Waals surface area (Å²) in [5, 5.41) is 3.13. The Bertz CT molecular complexity index is 550. The molecule has 112 valence electrons. The van der Waals surface area contributed by atoms with E-state index in [0.717, 1.165) is 26.0 Å². The number of hydrogen-bond donors (Lipinski definition) is 1. The summed E-state index contributed by atoms with van der Waals surface area (Å²) in [6.45, 7) is 1.65. The van der Waals surface area contributed by atoms with Gasteiger partial charge in [0.25, 0.3) is 0 Å². The highest BCUT2D eigenvalue weighted by atomic mass is 16.5. The van der Waals surface area contributed by atoms with E-state index in [9.17, 15) is 4.79 Å². The Morgan fingerprint density at radius 3 is 3.14 bits per heavy atom. The van der Waals surface area contributed by atoms with Gasteiger partial charge in [0.1, 0.15) is 0 Å². The van der Waals surface area contributed by atoms with Gasteiger partial charge in [-0.05, 0) is 49.1 Å². The zero-order valence-corrected chi connectivity index (χ0v) is 12.4. The fourth-order valence-corrected chi connectivity index (χ4v) is 4.32. The molecule has 1 aromatic carbocycles. The molecule has 0 radical (unpaired) electrons. The van der Waals surface area contributed by atoms with Crippen LogP contribution in [0.3, 0.4) is 0 Å². The zero-order valence-electron chi connectivity index (χ0n) is 12.4. The average molecular weight is 285 g/mol. The fourth-order valence-electron chi connectivity index (χ4n) is 4.32. The van der Waals surface area contributed by atoms with E-state index in [1.165, 1.54) is 24.8 Å². The summed E-state index contributed by atoms with van der Waals surface area (Å²) in [6, 6.07) is 8.84. The monoisotopic (exact) mass is 285 g/mol. The number of ether oxygens (including phenoxy) is 1. The smallest absolute Gasteiger partial charge is 0.222 e. The van der Waals surface area contributed by atoms with Crippen molar-refractivity contribution < 1.29 is 9.53 Å². The number of amides is 1. The van der Waals surface area contributed by atoms with Crippen molar-refractivity contribution in [3.8, 4) is 0 Å². The van der Waals surface area contributed by atoms with E-state index < -0.39 is 0 Å². The molecule has 1 saturated heterocycles. The molecule has 3 aliphatic rings. The van der Waals surface area contributed by atoms with E-state index in [1.807, 2.05) is 0 Å². The molecular formula is C18H23NO2. The van der Waals surface area contributed by atoms with Crippen LogP contribution >= 0.6 is 0 Å². The molecule has 2 fully saturated rings. The number of aryl methyl sites for hydroxylation is 1. The third-order valence-electron chi connectivity index (χ3n) is 5.61. The molecule has 1 aliphatic heterocycles. The molecule has 0 bridgehead atoms. The molecule has 1 heterocycles. The largest absolute Gasteiger partial charge is 0.378 e. The highest BCUT2D eigenvalue weighted by Crippen LogP contribution is 2.61. The Morgan fingerprint density at radius 2 is 2.29 bits per heavy atom. The minimum Gasteiger partial charge on any atom is -0.378 e. The summed E-state index contributed by atoms with van der Waals surface area (Å²) in [6.07, 6.45) is 6.54. The van der Waals surface area contributed by atoms with Gasteiger partial charge in [0.2, 0.25) is 5.91 Å². The molecule has 4 rings (SSSR count). The highest BCUT2D eigenvalue weighted by Gasteiger charge is 2.57. The molecule has 0 unspecified atom stereocenters. The maximum Gasteiger partial charge on any atom is 0.222 e. The Labute approximate surface area is 126 Å². The standard InChI is InChI=1S/C18H23NO2/c20-17(10-15-5-3-9-21-15)19-12-14-11-18(14)8-7-13-4-1-2-6-16(13)18/h1-2,4,6,14-15H,3,5,7-12H2,(H,19,20)/t14-,15+,18+/m1/s1. The van der Waals surface area contributed by atoms with Crippen molar-refractivity contribution in [2.45, 2.75) is 50.0 Å². The van der Waals surface area contributed by atoms with Gasteiger partial charge in [-0.3, -0.25) is 4.79 Å². The first-order valence-corrected chi connectivity index (χ1v) is 8.25. The number of benzene rings is 1. The number of nitrogens with one attached hydrogen (secondary N) is 1. The first kappa shape index (κ1) is 13.3. The van der Waals surface area contributed by atoms with Crippen molar-refractivity contribution in [3.05, 3.63) is 35.4 Å². The van der Waals surface area contributed by atoms with E-state index in [-0.39, 0.29) is 12.0 Å². The summed E-state index contributed by atoms with van der Waals surface area (Å²) in [7, 11) is 0. The van der Waals surface area contributed by atoms with Gasteiger partial charge in [-0.25, -0.2) is 0 Å². The number of carbonyl (C=O) groups excluding carboxylic acids is 1. The van der Waals surface area contributed by atoms with Crippen LogP contribution in [0.15, 0.2) is 24.3 Å². The number of fused-ring (bicyclic) bond motifs is 2. The third-order valence-corrected chi connectivity index (χ3v) is 5.61. The molecule has 1 aromatic rings. The van der Waals surface area contributed by atoms with Crippen LogP contribution in [0.2, 0.25) is 0 Å². The molecule has 1 amide bonds. The van der Waals surface area contributed by atoms with Crippen LogP contribution in [0.25, 0.3) is 0 Å². The number of carbonyl (C=O) groups is 1. The van der Waals surface area contributed by atoms with Crippen LogP contribution in [-0.2, 0) is 21.4 Å². The average Bonchev–Trinajstić information content (AvgIpc) is 2.83. The van der Waals surface area contributed by atoms with Crippen LogP contribution in [0.5, 0.6) is 0 Å². The van der Waals surface area contributed by atoms with E-state index >= 15 is 0 Å². The zero-order chi connectivity index (χ0) is 14.3. The summed E-state index contributed by atoms with van der Waals surface area (Å²) in [5.41, 5.74) is 3.45. The highest BCUT2D eigenvalue weighted by molar-refractivity contribution is 5.76. The van der Waals surface area contributed by atoms with Crippen molar-refractivity contribution in [2.24, 2.45) is 5.92 Å². The topological polar surface area (TPSA) is 38.3 Å². The maximum absolute atomic E-state index is 12.0. The second-order valence-corrected chi connectivity index (χ2v) is 6.86. The molecule has 21 heavy (non-hydrogen) atoms. The van der Waals surface area contributed by atoms with Gasteiger partial charge in [0.05, 0.1) is 12.5 Å². The van der Waals surface area contributed by atoms with E-state index in [2.05, 4.69) is 29.6 Å². The van der Waals surface area contributed by atoms with Crippen molar-refractivity contribution in [1.29, 1.82) is 0 Å². The molecule has 0 aromatic heterocycles. The minimum atomic E-state index is 0.158. The number of hydrogen-bond acceptors (Lipinski definition) is 2. The van der Waals surface area contributed by atoms with Crippen LogP contribution in [-0.4, -0.2) is 25.2 Å². The Balaban J connectivity index is 1.31. The summed E-state index contributed by atoms with van der Waals surface area (Å²) in [5.74, 6) is 0.796. The van der Waals surface area contributed by atoms with Gasteiger partial charge in [0.15, 0.2) is 0 Å². The SMILES string of the molecule is O=C(C[C@@H]1CCCO1)NC[C@H]1C[C@@]12CCc1ccccc12. The predicted molar refractivity (Wildman–Crippen MR) is 81.1 cm³/mol. The second-order valence-electron chi connectivity index (χ2n) is 6.86. The molecule has 1 spiro atoms. The lowest BCUT2D eigenvalue weighted by atomic mass is 9.95. The second kappa shape index (κ2) is 5.13. The van der Waals surface area contributed by atoms with Gasteiger partial charge in [-0.1, -0.05) is 24.3 Å². The van der Waals surface area contributed by atoms with Gasteiger partial charge in [0, 0.05) is 18.6 Å². The molecular weight excluding hydrogens is 262 g/mol. The van der Waals surface area contributed by atoms with Crippen LogP contribution in [0.1, 0.15) is 43.2 Å². The predicted octanol–water partition coefficient (Wildman–Crippen LogP) is 2.58. The third kappa shape index (κ3) is 2.38. The van der Waals surface area contributed by atoms with Gasteiger partial charge < -0.3 is 10.1 Å². The van der Waals surface area contributed by atoms with E-state index in [0.29, 0.717) is 17.8 Å². The van der Waals surface area contributed by atoms with Crippen LogP contribution < -0.4 is 5.32 Å². The van der Waals surface area contributed by atoms with Crippen molar-refractivity contribution in [1.82, 2.24) is 5.32 Å². The Kier molecular flexibility index (Phi) is 3.26. The van der Waals surface area contributed by atoms with Crippen molar-refractivity contribution >= 4 is 5.91 Å². The van der Waals surface area contributed by atoms with Gasteiger partial charge in [-0.15, -0.1) is 0 Å². The van der Waals surface area contributed by atoms with Crippen molar-refractivity contribution in [3.63, 3.8) is 0 Å². The van der Waals surface area contributed by atoms with Crippen LogP contribution in [0.4, 0.5) is 0 Å². The normalized spacial score (nSPS) is 33.1. The number of rotatable bonds is 4. The molecule has 3 atom stereocenters. The van der Waals surface area contributed by atoms with E-state index in [1.54, 1.807) is 5.56 Å². The lowest BCUT2D eigenvalue weighted by Crippen LogP contribution is -2.30. The molecule has 3 heteroatoms.